The fraction of sp³-hybridized carbons (Fsp3) is 0.214. The number of aliphatic hydroxyl groups is 1. The molecule has 2 aromatic heterocycles. The predicted molar refractivity (Wildman–Crippen MR) is 76.1 cm³/mol. The van der Waals surface area contributed by atoms with Crippen LogP contribution >= 0.6 is 11.3 Å². The van der Waals surface area contributed by atoms with Crippen molar-refractivity contribution in [3.8, 4) is 11.8 Å². The molecule has 102 valence electrons. The topological polar surface area (TPSA) is 75.1 Å². The van der Waals surface area contributed by atoms with Crippen LogP contribution < -0.4 is 5.32 Å². The molecule has 2 heterocycles. The zero-order valence-electron chi connectivity index (χ0n) is 10.7. The second-order valence-corrected chi connectivity index (χ2v) is 4.91. The van der Waals surface area contributed by atoms with Crippen LogP contribution in [0.4, 0.5) is 0 Å². The van der Waals surface area contributed by atoms with E-state index < -0.39 is 0 Å². The lowest BCUT2D eigenvalue weighted by atomic mass is 10.3. The molecule has 0 aliphatic heterocycles. The molecule has 2 aromatic rings. The molecular formula is C14H13N3O2S. The number of nitrogens with one attached hydrogen (secondary N) is 1. The number of aliphatic hydroxyl groups excluding tert-OH is 1. The highest BCUT2D eigenvalue weighted by molar-refractivity contribution is 7.14. The second-order valence-electron chi connectivity index (χ2n) is 3.82. The van der Waals surface area contributed by atoms with Crippen LogP contribution in [0.25, 0.3) is 0 Å². The van der Waals surface area contributed by atoms with Crippen LogP contribution in [0.1, 0.15) is 26.7 Å². The number of hydrogen-bond donors (Lipinski definition) is 2. The molecule has 0 atom stereocenters. The van der Waals surface area contributed by atoms with Gasteiger partial charge in [0.15, 0.2) is 0 Å². The quantitative estimate of drug-likeness (QED) is 0.829. The largest absolute Gasteiger partial charge is 0.395 e. The lowest BCUT2D eigenvalue weighted by Crippen LogP contribution is -2.22. The first-order valence-electron chi connectivity index (χ1n) is 6.02. The molecule has 2 N–H and O–H groups in total. The van der Waals surface area contributed by atoms with E-state index >= 15 is 0 Å². The third-order valence-electron chi connectivity index (χ3n) is 2.35. The summed E-state index contributed by atoms with van der Waals surface area (Å²) in [5.74, 6) is 5.58. The lowest BCUT2D eigenvalue weighted by molar-refractivity contribution is 0.0954. The minimum Gasteiger partial charge on any atom is -0.395 e. The summed E-state index contributed by atoms with van der Waals surface area (Å²) in [4.78, 5) is 21.2. The molecule has 0 saturated carbocycles. The minimum absolute atomic E-state index is 0.0463. The predicted octanol–water partition coefficient (Wildman–Crippen LogP) is 1.20. The number of rotatable bonds is 4. The number of carbonyl (C=O) groups is 1. The Morgan fingerprint density at radius 3 is 3.05 bits per heavy atom. The molecule has 0 spiro atoms. The first-order chi connectivity index (χ1) is 9.79. The van der Waals surface area contributed by atoms with E-state index in [2.05, 4.69) is 27.1 Å². The van der Waals surface area contributed by atoms with Crippen molar-refractivity contribution in [2.75, 3.05) is 6.61 Å². The highest BCUT2D eigenvalue weighted by atomic mass is 32.1. The van der Waals surface area contributed by atoms with Crippen LogP contribution in [-0.2, 0) is 6.54 Å². The van der Waals surface area contributed by atoms with E-state index in [9.17, 15) is 4.79 Å². The Morgan fingerprint density at radius 2 is 2.30 bits per heavy atom. The number of nitrogens with zero attached hydrogens (tertiary/aromatic N) is 2. The number of aromatic nitrogens is 2. The number of amides is 1. The molecule has 0 aliphatic carbocycles. The number of hydrogen-bond acceptors (Lipinski definition) is 5. The van der Waals surface area contributed by atoms with Crippen molar-refractivity contribution in [3.05, 3.63) is 46.2 Å². The molecule has 2 rings (SSSR count). The Morgan fingerprint density at radius 1 is 1.40 bits per heavy atom. The highest BCUT2D eigenvalue weighted by Gasteiger charge is 2.08. The summed E-state index contributed by atoms with van der Waals surface area (Å²) >= 11 is 1.33. The van der Waals surface area contributed by atoms with Crippen molar-refractivity contribution >= 4 is 17.2 Å². The summed E-state index contributed by atoms with van der Waals surface area (Å²) in [6, 6.07) is 5.29. The first-order valence-corrected chi connectivity index (χ1v) is 6.84. The van der Waals surface area contributed by atoms with Crippen molar-refractivity contribution in [2.45, 2.75) is 13.0 Å². The third-order valence-corrected chi connectivity index (χ3v) is 3.35. The maximum absolute atomic E-state index is 11.9. The number of thiophene rings is 1. The zero-order valence-corrected chi connectivity index (χ0v) is 11.5. The maximum atomic E-state index is 11.9. The summed E-state index contributed by atoms with van der Waals surface area (Å²) < 4.78 is 0. The van der Waals surface area contributed by atoms with Gasteiger partial charge in [0.05, 0.1) is 28.6 Å². The Bertz CT molecular complexity index is 629. The van der Waals surface area contributed by atoms with E-state index in [4.69, 9.17) is 5.11 Å². The molecular weight excluding hydrogens is 274 g/mol. The average molecular weight is 287 g/mol. The van der Waals surface area contributed by atoms with Gasteiger partial charge in [0.25, 0.3) is 5.91 Å². The van der Waals surface area contributed by atoms with Crippen LogP contribution in [0.5, 0.6) is 0 Å². The van der Waals surface area contributed by atoms with Gasteiger partial charge in [0.1, 0.15) is 6.33 Å². The van der Waals surface area contributed by atoms with Gasteiger partial charge in [-0.25, -0.2) is 9.97 Å². The Balaban J connectivity index is 1.92. The van der Waals surface area contributed by atoms with E-state index in [1.54, 1.807) is 24.4 Å². The summed E-state index contributed by atoms with van der Waals surface area (Å²) in [6.07, 6.45) is 3.52. The van der Waals surface area contributed by atoms with Gasteiger partial charge < -0.3 is 10.4 Å². The van der Waals surface area contributed by atoms with Gasteiger partial charge in [0, 0.05) is 12.6 Å². The molecule has 0 bridgehead atoms. The van der Waals surface area contributed by atoms with Crippen LogP contribution in [0.15, 0.2) is 30.7 Å². The standard InChI is InChI=1S/C14H13N3O2S/c18-8-2-1-3-12-4-5-13(20-12)14(19)16-9-11-6-7-15-10-17-11/h4-7,10,18H,2,8-9H2,(H,16,19). The summed E-state index contributed by atoms with van der Waals surface area (Å²) in [6.45, 7) is 0.412. The van der Waals surface area contributed by atoms with Gasteiger partial charge >= 0.3 is 0 Å². The van der Waals surface area contributed by atoms with Crippen LogP contribution in [0.3, 0.4) is 0 Å². The van der Waals surface area contributed by atoms with Gasteiger partial charge in [-0.2, -0.15) is 0 Å². The third kappa shape index (κ3) is 4.16. The average Bonchev–Trinajstić information content (AvgIpc) is 2.95. The monoisotopic (exact) mass is 287 g/mol. The highest BCUT2D eigenvalue weighted by Crippen LogP contribution is 2.15. The molecule has 1 amide bonds. The first kappa shape index (κ1) is 14.2. The molecule has 0 saturated heterocycles. The van der Waals surface area contributed by atoms with Crippen molar-refractivity contribution in [2.24, 2.45) is 0 Å². The van der Waals surface area contributed by atoms with Gasteiger partial charge in [-0.3, -0.25) is 4.79 Å². The van der Waals surface area contributed by atoms with Gasteiger partial charge in [-0.1, -0.05) is 11.8 Å². The number of carbonyl (C=O) groups excluding carboxylic acids is 1. The van der Waals surface area contributed by atoms with Gasteiger partial charge in [0.2, 0.25) is 0 Å². The van der Waals surface area contributed by atoms with Gasteiger partial charge in [-0.15, -0.1) is 11.3 Å². The molecule has 0 aromatic carbocycles. The van der Waals surface area contributed by atoms with E-state index in [1.807, 2.05) is 0 Å². The van der Waals surface area contributed by atoms with Crippen molar-refractivity contribution < 1.29 is 9.90 Å². The molecule has 0 radical (unpaired) electrons. The maximum Gasteiger partial charge on any atom is 0.261 e. The van der Waals surface area contributed by atoms with Gasteiger partial charge in [-0.05, 0) is 18.2 Å². The van der Waals surface area contributed by atoms with E-state index in [-0.39, 0.29) is 12.5 Å². The van der Waals surface area contributed by atoms with E-state index in [1.165, 1.54) is 17.7 Å². The van der Waals surface area contributed by atoms with Crippen LogP contribution in [-0.4, -0.2) is 27.6 Å². The summed E-state index contributed by atoms with van der Waals surface area (Å²) in [7, 11) is 0. The fourth-order valence-electron chi connectivity index (χ4n) is 1.41. The Hall–Kier alpha value is -2.23. The zero-order chi connectivity index (χ0) is 14.2. The molecule has 6 heteroatoms. The molecule has 5 nitrogen and oxygen atoms in total. The van der Waals surface area contributed by atoms with Crippen molar-refractivity contribution in [3.63, 3.8) is 0 Å². The normalized spacial score (nSPS) is 9.65. The van der Waals surface area contributed by atoms with Crippen LogP contribution in [0.2, 0.25) is 0 Å². The second kappa shape index (κ2) is 7.38. The Kier molecular flexibility index (Phi) is 5.24. The molecule has 0 aliphatic rings. The molecule has 0 unspecified atom stereocenters. The van der Waals surface area contributed by atoms with Crippen LogP contribution in [0, 0.1) is 11.8 Å². The smallest absolute Gasteiger partial charge is 0.261 e. The summed E-state index contributed by atoms with van der Waals surface area (Å²) in [5.41, 5.74) is 0.757. The Labute approximate surface area is 120 Å². The fourth-order valence-corrected chi connectivity index (χ4v) is 2.21. The van der Waals surface area contributed by atoms with Crippen molar-refractivity contribution in [1.82, 2.24) is 15.3 Å². The van der Waals surface area contributed by atoms with E-state index in [0.717, 1.165) is 10.6 Å². The minimum atomic E-state index is -0.149. The van der Waals surface area contributed by atoms with E-state index in [0.29, 0.717) is 17.8 Å². The molecule has 0 fully saturated rings. The SMILES string of the molecule is O=C(NCc1ccncn1)c1ccc(C#CCCO)s1. The van der Waals surface area contributed by atoms with Crippen molar-refractivity contribution in [1.29, 1.82) is 0 Å². The summed E-state index contributed by atoms with van der Waals surface area (Å²) in [5, 5.41) is 11.4. The molecule has 20 heavy (non-hydrogen) atoms. The lowest BCUT2D eigenvalue weighted by Gasteiger charge is -2.01.